The van der Waals surface area contributed by atoms with Gasteiger partial charge in [-0.1, -0.05) is 205 Å². The molecule has 3 heterocycles. The number of hydrogen-bond acceptors (Lipinski definition) is 2. The average Bonchev–Trinajstić information content (AvgIpc) is 3.64. The fraction of sp³-hybridized carbons (Fsp3) is 0.129. The molecule has 9 aromatic rings. The predicted octanol–water partition coefficient (Wildman–Crippen LogP) is 11.4. The molecule has 3 aliphatic rings. The Morgan fingerprint density at radius 2 is 0.879 bits per heavy atom. The summed E-state index contributed by atoms with van der Waals surface area (Å²) in [6, 6.07) is 81.1. The van der Waals surface area contributed by atoms with Crippen LogP contribution >= 0.6 is 0 Å². The van der Waals surface area contributed by atoms with Crippen molar-refractivity contribution in [3.8, 4) is 22.3 Å². The Balaban J connectivity index is 1.17. The van der Waals surface area contributed by atoms with Crippen molar-refractivity contribution < 1.29 is 0 Å². The van der Waals surface area contributed by atoms with E-state index < -0.39 is 8.07 Å². The highest BCUT2D eigenvalue weighted by molar-refractivity contribution is 7.22. The van der Waals surface area contributed by atoms with Gasteiger partial charge in [0, 0.05) is 34.1 Å². The molecule has 12 rings (SSSR count). The molecule has 0 saturated heterocycles. The van der Waals surface area contributed by atoms with Crippen LogP contribution in [0.15, 0.2) is 212 Å². The van der Waals surface area contributed by atoms with Crippen LogP contribution in [0.2, 0.25) is 0 Å². The predicted molar refractivity (Wildman–Crippen MR) is 286 cm³/mol. The maximum atomic E-state index is 2.61. The average molecular weight is 865 g/mol. The molecule has 0 aromatic heterocycles. The molecule has 0 fully saturated rings. The van der Waals surface area contributed by atoms with E-state index in [0.717, 1.165) is 0 Å². The third kappa shape index (κ3) is 6.08. The van der Waals surface area contributed by atoms with E-state index in [2.05, 4.69) is 264 Å². The number of hydrogen-bond donors (Lipinski definition) is 0. The number of fused-ring (bicyclic) bond motifs is 7. The van der Waals surface area contributed by atoms with Gasteiger partial charge in [0.05, 0.1) is 0 Å². The highest BCUT2D eigenvalue weighted by atomic mass is 28.3. The molecule has 0 unspecified atom stereocenters. The van der Waals surface area contributed by atoms with Gasteiger partial charge in [-0.25, -0.2) is 0 Å². The molecular weight excluding hydrogens is 812 g/mol. The van der Waals surface area contributed by atoms with Crippen LogP contribution in [0.25, 0.3) is 22.3 Å². The van der Waals surface area contributed by atoms with Crippen molar-refractivity contribution in [1.82, 2.24) is 0 Å². The minimum atomic E-state index is -2.77. The standard InChI is InChI=1S/C62H53BN2Si/c1-61(2,3)44-30-33-46(34-31-44)64-55-37-32-45(62(4,5)6)40-53(55)63-52-27-17-18-28-54(52)65(57-39-43(38-56(64)60(57)63)42-20-10-7-11-21-42)47-35-36-51-50-26-16-19-29-58(50)66(59(51)41-47,48-22-12-8-13-23-48)49-24-14-9-15-25-49/h7-41H,1-6H3. The molecule has 66 heavy (non-hydrogen) atoms. The first-order chi connectivity index (χ1) is 32.0. The molecule has 0 atom stereocenters. The van der Waals surface area contributed by atoms with Crippen LogP contribution in [0, 0.1) is 0 Å². The molecule has 318 valence electrons. The quantitative estimate of drug-likeness (QED) is 0.159. The van der Waals surface area contributed by atoms with Crippen molar-refractivity contribution in [3.63, 3.8) is 0 Å². The van der Waals surface area contributed by atoms with Crippen LogP contribution in [-0.2, 0) is 10.8 Å². The summed E-state index contributed by atoms with van der Waals surface area (Å²) in [5, 5.41) is 5.70. The third-order valence-electron chi connectivity index (χ3n) is 14.6. The first kappa shape index (κ1) is 40.4. The van der Waals surface area contributed by atoms with E-state index in [1.54, 1.807) is 0 Å². The van der Waals surface area contributed by atoms with Crippen LogP contribution in [0.5, 0.6) is 0 Å². The summed E-state index contributed by atoms with van der Waals surface area (Å²) in [6.45, 7) is 13.9. The molecule has 0 amide bonds. The van der Waals surface area contributed by atoms with Crippen molar-refractivity contribution in [3.05, 3.63) is 223 Å². The molecule has 0 N–H and O–H groups in total. The van der Waals surface area contributed by atoms with Gasteiger partial charge in [0.2, 0.25) is 0 Å². The van der Waals surface area contributed by atoms with Crippen LogP contribution < -0.4 is 46.9 Å². The van der Waals surface area contributed by atoms with E-state index in [0.29, 0.717) is 0 Å². The molecule has 0 saturated carbocycles. The number of para-hydroxylation sites is 1. The van der Waals surface area contributed by atoms with E-state index in [1.807, 2.05) is 0 Å². The third-order valence-corrected chi connectivity index (χ3v) is 19.5. The largest absolute Gasteiger partial charge is 0.311 e. The Kier molecular flexibility index (Phi) is 9.15. The van der Waals surface area contributed by atoms with Crippen molar-refractivity contribution in [2.75, 3.05) is 9.80 Å². The first-order valence-corrected chi connectivity index (χ1v) is 25.5. The van der Waals surface area contributed by atoms with Crippen molar-refractivity contribution in [2.24, 2.45) is 0 Å². The zero-order chi connectivity index (χ0) is 45.0. The topological polar surface area (TPSA) is 6.48 Å². The summed E-state index contributed by atoms with van der Waals surface area (Å²) < 4.78 is 0. The van der Waals surface area contributed by atoms with E-state index >= 15 is 0 Å². The molecule has 3 aliphatic heterocycles. The summed E-state index contributed by atoms with van der Waals surface area (Å²) in [5.74, 6) is 0. The lowest BCUT2D eigenvalue weighted by Crippen LogP contribution is -2.72. The normalized spacial score (nSPS) is 14.2. The second kappa shape index (κ2) is 15.0. The molecule has 0 spiro atoms. The highest BCUT2D eigenvalue weighted by Crippen LogP contribution is 2.47. The van der Waals surface area contributed by atoms with Crippen LogP contribution in [-0.4, -0.2) is 14.8 Å². The Bertz CT molecular complexity index is 3290. The van der Waals surface area contributed by atoms with Crippen LogP contribution in [0.4, 0.5) is 34.1 Å². The maximum Gasteiger partial charge on any atom is 0.252 e. The maximum absolute atomic E-state index is 2.77. The molecule has 0 radical (unpaired) electrons. The lowest BCUT2D eigenvalue weighted by Gasteiger charge is -2.45. The van der Waals surface area contributed by atoms with Crippen LogP contribution in [0.1, 0.15) is 52.7 Å². The fourth-order valence-corrected chi connectivity index (χ4v) is 16.7. The van der Waals surface area contributed by atoms with Gasteiger partial charge >= 0.3 is 0 Å². The van der Waals surface area contributed by atoms with Gasteiger partial charge in [0.1, 0.15) is 0 Å². The van der Waals surface area contributed by atoms with Gasteiger partial charge in [0.15, 0.2) is 8.07 Å². The van der Waals surface area contributed by atoms with E-state index in [1.165, 1.54) is 105 Å². The Morgan fingerprint density at radius 1 is 0.364 bits per heavy atom. The number of benzene rings is 9. The second-order valence-electron chi connectivity index (χ2n) is 20.5. The Labute approximate surface area is 392 Å². The van der Waals surface area contributed by atoms with Crippen molar-refractivity contribution >= 4 is 86.0 Å². The molecule has 9 aromatic carbocycles. The lowest BCUT2D eigenvalue weighted by atomic mass is 9.33. The summed E-state index contributed by atoms with van der Waals surface area (Å²) in [7, 11) is -2.77. The summed E-state index contributed by atoms with van der Waals surface area (Å²) in [4.78, 5) is 5.17. The number of rotatable bonds is 5. The molecule has 0 bridgehead atoms. The SMILES string of the molecule is CC(C)(C)c1ccc(N2c3ccc(C(C)(C)C)cc3B3c4ccccc4N(c4ccc5c(c4)[Si](c4ccccc4)(c4ccccc4)c4ccccc4-5)c4cc(-c5ccccc5)cc2c43)cc1. The molecular formula is C62H53BN2Si. The van der Waals surface area contributed by atoms with Gasteiger partial charge < -0.3 is 9.80 Å². The Hall–Kier alpha value is -7.14. The lowest BCUT2D eigenvalue weighted by molar-refractivity contribution is 0.590. The van der Waals surface area contributed by atoms with E-state index in [9.17, 15) is 0 Å². The minimum absolute atomic E-state index is 0.0232. The summed E-state index contributed by atoms with van der Waals surface area (Å²) >= 11 is 0. The number of anilines is 6. The van der Waals surface area contributed by atoms with E-state index in [4.69, 9.17) is 0 Å². The van der Waals surface area contributed by atoms with Gasteiger partial charge in [-0.15, -0.1) is 0 Å². The highest BCUT2D eigenvalue weighted by Gasteiger charge is 2.50. The Morgan fingerprint density at radius 3 is 1.53 bits per heavy atom. The molecule has 0 aliphatic carbocycles. The van der Waals surface area contributed by atoms with E-state index in [-0.39, 0.29) is 17.5 Å². The second-order valence-corrected chi connectivity index (χ2v) is 24.3. The first-order valence-electron chi connectivity index (χ1n) is 23.5. The zero-order valence-electron chi connectivity index (χ0n) is 38.7. The van der Waals surface area contributed by atoms with Crippen molar-refractivity contribution in [2.45, 2.75) is 52.4 Å². The molecule has 4 heteroatoms. The van der Waals surface area contributed by atoms with Crippen molar-refractivity contribution in [1.29, 1.82) is 0 Å². The minimum Gasteiger partial charge on any atom is -0.311 e. The van der Waals surface area contributed by atoms with Gasteiger partial charge in [-0.3, -0.25) is 0 Å². The fourth-order valence-electron chi connectivity index (χ4n) is 11.5. The monoisotopic (exact) mass is 864 g/mol. The van der Waals surface area contributed by atoms with Gasteiger partial charge in [-0.05, 0) is 130 Å². The number of nitrogens with zero attached hydrogens (tertiary/aromatic N) is 2. The zero-order valence-corrected chi connectivity index (χ0v) is 39.7. The van der Waals surface area contributed by atoms with Gasteiger partial charge in [-0.2, -0.15) is 0 Å². The smallest absolute Gasteiger partial charge is 0.252 e. The van der Waals surface area contributed by atoms with Gasteiger partial charge in [0.25, 0.3) is 6.71 Å². The summed E-state index contributed by atoms with van der Waals surface area (Å²) in [6.07, 6.45) is 0. The van der Waals surface area contributed by atoms with Crippen LogP contribution in [0.3, 0.4) is 0 Å². The summed E-state index contributed by atoms with van der Waals surface area (Å²) in [5.41, 5.74) is 19.0. The molecule has 2 nitrogen and oxygen atoms in total.